The third-order valence-corrected chi connectivity index (χ3v) is 2.45. The molecule has 0 fully saturated rings. The lowest BCUT2D eigenvalue weighted by Gasteiger charge is -2.27. The first-order valence-corrected chi connectivity index (χ1v) is 5.23. The smallest absolute Gasteiger partial charge is 0.463 e. The Morgan fingerprint density at radius 3 is 2.42 bits per heavy atom. The van der Waals surface area contributed by atoms with Crippen LogP contribution in [0, 0.1) is 6.92 Å². The van der Waals surface area contributed by atoms with Crippen LogP contribution in [-0.2, 0) is 14.3 Å². The second-order valence-corrected chi connectivity index (χ2v) is 3.78. The molecule has 1 rings (SSSR count). The number of halogens is 3. The number of aromatic nitrogens is 1. The van der Waals surface area contributed by atoms with Gasteiger partial charge in [0.1, 0.15) is 0 Å². The van der Waals surface area contributed by atoms with Gasteiger partial charge in [0.15, 0.2) is 0 Å². The van der Waals surface area contributed by atoms with Gasteiger partial charge in [0.25, 0.3) is 5.82 Å². The van der Waals surface area contributed by atoms with Crippen molar-refractivity contribution in [2.75, 3.05) is 19.5 Å². The Bertz CT molecular complexity index is 465. The van der Waals surface area contributed by atoms with Crippen molar-refractivity contribution in [1.82, 2.24) is 0 Å². The van der Waals surface area contributed by atoms with E-state index in [2.05, 4.69) is 14.5 Å². The van der Waals surface area contributed by atoms with Crippen molar-refractivity contribution in [3.05, 3.63) is 23.9 Å². The topological polar surface area (TPSA) is 61.7 Å². The lowest BCUT2D eigenvalue weighted by atomic mass is 10.2. The molecule has 1 heterocycles. The van der Waals surface area contributed by atoms with Gasteiger partial charge in [0, 0.05) is 13.2 Å². The Kier molecular flexibility index (Phi) is 4.35. The number of ether oxygens (including phenoxy) is 2. The van der Waals surface area contributed by atoms with Crippen molar-refractivity contribution in [2.24, 2.45) is 0 Å². The number of pyridine rings is 1. The first-order chi connectivity index (χ1) is 8.76. The summed E-state index contributed by atoms with van der Waals surface area (Å²) in [6.07, 6.45) is -3.56. The summed E-state index contributed by atoms with van der Waals surface area (Å²) >= 11 is 0. The highest BCUT2D eigenvalue weighted by molar-refractivity contribution is 5.83. The van der Waals surface area contributed by atoms with E-state index in [9.17, 15) is 18.0 Å². The number of nitrogens with one attached hydrogen (secondary N) is 2. The molecule has 0 unspecified atom stereocenters. The van der Waals surface area contributed by atoms with Gasteiger partial charge in [-0.3, -0.25) is 0 Å². The van der Waals surface area contributed by atoms with Gasteiger partial charge in [-0.15, -0.1) is 0 Å². The van der Waals surface area contributed by atoms with Crippen molar-refractivity contribution in [2.45, 2.75) is 18.8 Å². The number of aromatic amines is 1. The van der Waals surface area contributed by atoms with E-state index in [1.165, 1.54) is 12.3 Å². The van der Waals surface area contributed by atoms with Crippen LogP contribution in [0.1, 0.15) is 5.56 Å². The zero-order valence-electron chi connectivity index (χ0n) is 10.6. The van der Waals surface area contributed by atoms with E-state index in [0.29, 0.717) is 5.56 Å². The van der Waals surface area contributed by atoms with Gasteiger partial charge in [-0.1, -0.05) is 0 Å². The molecule has 0 saturated carbocycles. The van der Waals surface area contributed by atoms with E-state index in [1.807, 2.05) is 5.32 Å². The molecule has 1 atom stereocenters. The third kappa shape index (κ3) is 2.95. The largest absolute Gasteiger partial charge is 0.471 e. The van der Waals surface area contributed by atoms with Crippen LogP contribution in [0.2, 0.25) is 0 Å². The number of rotatable bonds is 4. The van der Waals surface area contributed by atoms with Crippen molar-refractivity contribution in [1.29, 1.82) is 0 Å². The Hall–Kier alpha value is -1.83. The number of alkyl halides is 3. The van der Waals surface area contributed by atoms with Crippen molar-refractivity contribution < 1.29 is 32.4 Å². The summed E-state index contributed by atoms with van der Waals surface area (Å²) in [5.41, 5.74) is -2.55. The van der Waals surface area contributed by atoms with E-state index < -0.39 is 17.9 Å². The Morgan fingerprint density at radius 1 is 1.37 bits per heavy atom. The van der Waals surface area contributed by atoms with Crippen LogP contribution in [0.4, 0.5) is 19.0 Å². The van der Waals surface area contributed by atoms with E-state index in [1.54, 1.807) is 13.0 Å². The van der Waals surface area contributed by atoms with Crippen LogP contribution in [0.5, 0.6) is 0 Å². The lowest BCUT2D eigenvalue weighted by Crippen LogP contribution is -2.60. The van der Waals surface area contributed by atoms with Gasteiger partial charge in [0.05, 0.1) is 13.3 Å². The van der Waals surface area contributed by atoms with Crippen LogP contribution in [0.3, 0.4) is 0 Å². The summed E-state index contributed by atoms with van der Waals surface area (Å²) in [7, 11) is 1.62. The molecule has 19 heavy (non-hydrogen) atoms. The zero-order chi connectivity index (χ0) is 14.7. The molecule has 0 aliphatic heterocycles. The highest BCUT2D eigenvalue weighted by atomic mass is 19.4. The number of esters is 1. The van der Waals surface area contributed by atoms with Crippen LogP contribution in [0.15, 0.2) is 18.3 Å². The van der Waals surface area contributed by atoms with E-state index in [0.717, 1.165) is 14.2 Å². The summed E-state index contributed by atoms with van der Waals surface area (Å²) in [5.74, 6) is -1.61. The molecule has 0 spiro atoms. The van der Waals surface area contributed by atoms with E-state index >= 15 is 0 Å². The minimum Gasteiger partial charge on any atom is -0.463 e. The van der Waals surface area contributed by atoms with Crippen LogP contribution >= 0.6 is 0 Å². The number of H-pyrrole nitrogens is 1. The molecule has 0 amide bonds. The Morgan fingerprint density at radius 2 is 2.00 bits per heavy atom. The van der Waals surface area contributed by atoms with Crippen LogP contribution in [0.25, 0.3) is 0 Å². The molecule has 0 aliphatic rings. The molecular weight excluding hydrogens is 265 g/mol. The minimum atomic E-state index is -4.99. The Balaban J connectivity index is 3.21. The first kappa shape index (κ1) is 15.2. The molecular formula is C11H14F3N2O3+. The van der Waals surface area contributed by atoms with Gasteiger partial charge in [-0.2, -0.15) is 13.2 Å². The minimum absolute atomic E-state index is 0.0235. The molecule has 0 bridgehead atoms. The molecule has 0 radical (unpaired) electrons. The number of anilines is 1. The fraction of sp³-hybridized carbons (Fsp3) is 0.455. The molecule has 5 nitrogen and oxygen atoms in total. The number of hydrogen-bond donors (Lipinski definition) is 1. The second-order valence-electron chi connectivity index (χ2n) is 3.78. The van der Waals surface area contributed by atoms with Crippen molar-refractivity contribution in [3.63, 3.8) is 0 Å². The zero-order valence-corrected chi connectivity index (χ0v) is 10.6. The summed E-state index contributed by atoms with van der Waals surface area (Å²) < 4.78 is 47.8. The molecule has 1 aromatic heterocycles. The molecule has 8 heteroatoms. The number of aryl methyl sites for hydroxylation is 1. The number of hydrogen-bond acceptors (Lipinski definition) is 4. The van der Waals surface area contributed by atoms with Gasteiger partial charge in [-0.25, -0.2) is 15.1 Å². The average Bonchev–Trinajstić information content (AvgIpc) is 2.33. The predicted molar refractivity (Wildman–Crippen MR) is 59.2 cm³/mol. The van der Waals surface area contributed by atoms with Crippen LogP contribution < -0.4 is 10.3 Å². The normalized spacial score (nSPS) is 14.6. The third-order valence-electron chi connectivity index (χ3n) is 2.45. The highest BCUT2D eigenvalue weighted by Gasteiger charge is 2.67. The summed E-state index contributed by atoms with van der Waals surface area (Å²) in [5, 5.41) is 2.00. The SMILES string of the molecule is COC(=O)[C@@](Nc1cc(C)cc[nH+]1)(OC)C(F)(F)F. The maximum absolute atomic E-state index is 13.1. The average molecular weight is 279 g/mol. The standard InChI is InChI=1S/C11H13F3N2O3/c1-7-4-5-15-8(6-7)16-10(19-3,9(17)18-2)11(12,13)14/h4-6H,1-3H3,(H,15,16)/p+1/t10-/m1/s1. The summed E-state index contributed by atoms with van der Waals surface area (Å²) in [4.78, 5) is 14.0. The first-order valence-electron chi connectivity index (χ1n) is 5.23. The van der Waals surface area contributed by atoms with Crippen molar-refractivity contribution in [3.8, 4) is 0 Å². The lowest BCUT2D eigenvalue weighted by molar-refractivity contribution is -0.365. The maximum Gasteiger partial charge on any atom is 0.471 e. The molecule has 0 saturated heterocycles. The van der Waals surface area contributed by atoms with Crippen molar-refractivity contribution >= 4 is 11.8 Å². The van der Waals surface area contributed by atoms with Crippen LogP contribution in [-0.4, -0.2) is 32.1 Å². The Labute approximate surface area is 107 Å². The predicted octanol–water partition coefficient (Wildman–Crippen LogP) is 1.30. The fourth-order valence-electron chi connectivity index (χ4n) is 1.47. The maximum atomic E-state index is 13.1. The van der Waals surface area contributed by atoms with Gasteiger partial charge >= 0.3 is 17.9 Å². The molecule has 1 aromatic rings. The number of carbonyl (C=O) groups is 1. The van der Waals surface area contributed by atoms with E-state index in [-0.39, 0.29) is 5.82 Å². The van der Waals surface area contributed by atoms with Gasteiger partial charge in [0.2, 0.25) is 0 Å². The van der Waals surface area contributed by atoms with E-state index in [4.69, 9.17) is 0 Å². The molecule has 106 valence electrons. The summed E-state index contributed by atoms with van der Waals surface area (Å²) in [6, 6.07) is 3.06. The molecule has 2 N–H and O–H groups in total. The highest BCUT2D eigenvalue weighted by Crippen LogP contribution is 2.34. The fourth-order valence-corrected chi connectivity index (χ4v) is 1.47. The molecule has 0 aliphatic carbocycles. The summed E-state index contributed by atoms with van der Waals surface area (Å²) in [6.45, 7) is 1.69. The monoisotopic (exact) mass is 279 g/mol. The molecule has 0 aromatic carbocycles. The van der Waals surface area contributed by atoms with Gasteiger partial charge < -0.3 is 9.47 Å². The second kappa shape index (κ2) is 5.43. The quantitative estimate of drug-likeness (QED) is 0.666. The van der Waals surface area contributed by atoms with Gasteiger partial charge in [-0.05, 0) is 18.6 Å². The number of carbonyl (C=O) groups excluding carboxylic acids is 1. The number of methoxy groups -OCH3 is 2.